The van der Waals surface area contributed by atoms with Gasteiger partial charge in [-0.2, -0.15) is 0 Å². The molecule has 1 N–H and O–H groups in total. The molecule has 1 aromatic carbocycles. The third kappa shape index (κ3) is 5.16. The second-order valence-electron chi connectivity index (χ2n) is 7.31. The molecule has 4 rings (SSSR count). The topological polar surface area (TPSA) is 54.5 Å². The number of hydrogen-bond donors (Lipinski definition) is 1. The van der Waals surface area contributed by atoms with Crippen molar-refractivity contribution >= 4 is 30.7 Å². The van der Waals surface area contributed by atoms with E-state index < -0.39 is 0 Å². The molecule has 2 unspecified atom stereocenters. The number of nitrogens with one attached hydrogen (secondary N) is 1. The van der Waals surface area contributed by atoms with Crippen molar-refractivity contribution in [1.82, 2.24) is 15.2 Å². The van der Waals surface area contributed by atoms with Gasteiger partial charge in [0.05, 0.1) is 5.69 Å². The molecule has 2 atom stereocenters. The number of benzene rings is 1. The Balaban J connectivity index is 0.00000140. The van der Waals surface area contributed by atoms with Gasteiger partial charge in [-0.05, 0) is 62.1 Å². The maximum Gasteiger partial charge on any atom is 0.253 e. The summed E-state index contributed by atoms with van der Waals surface area (Å²) in [6.07, 6.45) is 6.36. The Kier molecular flexibility index (Phi) is 8.10. The standard InChI is InChI=1S/C21H25N3O2.2ClH/c1-24(19-12-16-7-8-17(13-19)23-16)21(25)15-5-9-20(10-6-15)26-14-18-4-2-3-11-22-18;;/h2-6,9-11,16-17,19,23H,7-8,12-14H2,1H3;2*1H. The lowest BCUT2D eigenvalue weighted by molar-refractivity contribution is 0.0681. The van der Waals surface area contributed by atoms with Crippen LogP contribution in [0.25, 0.3) is 0 Å². The molecular weight excluding hydrogens is 397 g/mol. The molecule has 5 nitrogen and oxygen atoms in total. The smallest absolute Gasteiger partial charge is 0.253 e. The first-order valence-corrected chi connectivity index (χ1v) is 9.35. The predicted octanol–water partition coefficient (Wildman–Crippen LogP) is 3.86. The molecule has 0 aliphatic carbocycles. The highest BCUT2D eigenvalue weighted by Gasteiger charge is 2.36. The second kappa shape index (κ2) is 10.1. The summed E-state index contributed by atoms with van der Waals surface area (Å²) >= 11 is 0. The van der Waals surface area contributed by atoms with Crippen molar-refractivity contribution in [2.24, 2.45) is 0 Å². The van der Waals surface area contributed by atoms with E-state index in [2.05, 4.69) is 10.3 Å². The zero-order chi connectivity index (χ0) is 17.9. The van der Waals surface area contributed by atoms with E-state index >= 15 is 0 Å². The molecule has 3 heterocycles. The third-order valence-corrected chi connectivity index (χ3v) is 5.53. The van der Waals surface area contributed by atoms with Crippen LogP contribution < -0.4 is 10.1 Å². The van der Waals surface area contributed by atoms with Crippen molar-refractivity contribution in [2.45, 2.75) is 50.4 Å². The Hall–Kier alpha value is -1.82. The molecule has 28 heavy (non-hydrogen) atoms. The van der Waals surface area contributed by atoms with Crippen LogP contribution in [0.4, 0.5) is 0 Å². The predicted molar refractivity (Wildman–Crippen MR) is 115 cm³/mol. The minimum atomic E-state index is 0. The van der Waals surface area contributed by atoms with Gasteiger partial charge in [0, 0.05) is 36.9 Å². The minimum Gasteiger partial charge on any atom is -0.487 e. The lowest BCUT2D eigenvalue weighted by Gasteiger charge is -2.35. The molecule has 2 aliphatic rings. The van der Waals surface area contributed by atoms with Crippen molar-refractivity contribution < 1.29 is 9.53 Å². The number of nitrogens with zero attached hydrogens (tertiary/aromatic N) is 2. The van der Waals surface area contributed by atoms with Crippen LogP contribution in [0.1, 0.15) is 41.7 Å². The Morgan fingerprint density at radius 2 is 1.79 bits per heavy atom. The highest BCUT2D eigenvalue weighted by molar-refractivity contribution is 5.94. The van der Waals surface area contributed by atoms with Crippen LogP contribution in [0.3, 0.4) is 0 Å². The number of fused-ring (bicyclic) bond motifs is 2. The molecule has 0 saturated carbocycles. The SMILES string of the molecule is CN(C(=O)c1ccc(OCc2ccccn2)cc1)C1CC2CCC(C1)N2.Cl.Cl. The lowest BCUT2D eigenvalue weighted by Crippen LogP contribution is -2.48. The van der Waals surface area contributed by atoms with Gasteiger partial charge in [-0.15, -0.1) is 24.8 Å². The number of hydrogen-bond acceptors (Lipinski definition) is 4. The molecule has 1 aromatic heterocycles. The van der Waals surface area contributed by atoms with Crippen LogP contribution >= 0.6 is 24.8 Å². The van der Waals surface area contributed by atoms with Gasteiger partial charge >= 0.3 is 0 Å². The fourth-order valence-electron chi connectivity index (χ4n) is 4.05. The van der Waals surface area contributed by atoms with Gasteiger partial charge in [0.1, 0.15) is 12.4 Å². The van der Waals surface area contributed by atoms with Crippen LogP contribution in [-0.4, -0.2) is 41.0 Å². The largest absolute Gasteiger partial charge is 0.487 e. The van der Waals surface area contributed by atoms with Crippen LogP contribution in [0.2, 0.25) is 0 Å². The van der Waals surface area contributed by atoms with E-state index in [1.165, 1.54) is 12.8 Å². The first-order chi connectivity index (χ1) is 12.7. The van der Waals surface area contributed by atoms with E-state index in [0.717, 1.165) is 24.3 Å². The fraction of sp³-hybridized carbons (Fsp3) is 0.429. The van der Waals surface area contributed by atoms with E-state index in [1.807, 2.05) is 54.4 Å². The quantitative estimate of drug-likeness (QED) is 0.792. The Morgan fingerprint density at radius 3 is 2.39 bits per heavy atom. The average Bonchev–Trinajstić information content (AvgIpc) is 3.04. The van der Waals surface area contributed by atoms with Gasteiger partial charge in [-0.1, -0.05) is 6.07 Å². The zero-order valence-corrected chi connectivity index (χ0v) is 17.5. The summed E-state index contributed by atoms with van der Waals surface area (Å²) in [6, 6.07) is 14.7. The molecule has 0 spiro atoms. The zero-order valence-electron chi connectivity index (χ0n) is 15.9. The maximum atomic E-state index is 12.8. The number of aromatic nitrogens is 1. The number of ether oxygens (including phenoxy) is 1. The number of amides is 1. The fourth-order valence-corrected chi connectivity index (χ4v) is 4.05. The highest BCUT2D eigenvalue weighted by Crippen LogP contribution is 2.30. The van der Waals surface area contributed by atoms with Crippen molar-refractivity contribution in [3.63, 3.8) is 0 Å². The van der Waals surface area contributed by atoms with Crippen LogP contribution in [0.15, 0.2) is 48.7 Å². The number of carbonyl (C=O) groups is 1. The number of piperidine rings is 1. The summed E-state index contributed by atoms with van der Waals surface area (Å²) in [6.45, 7) is 0.423. The molecule has 7 heteroatoms. The van der Waals surface area contributed by atoms with Crippen molar-refractivity contribution in [3.05, 3.63) is 59.9 Å². The van der Waals surface area contributed by atoms with Gasteiger partial charge in [-0.25, -0.2) is 0 Å². The van der Waals surface area contributed by atoms with E-state index in [1.54, 1.807) is 6.20 Å². The second-order valence-corrected chi connectivity index (χ2v) is 7.31. The van der Waals surface area contributed by atoms with Crippen LogP contribution in [0, 0.1) is 0 Å². The van der Waals surface area contributed by atoms with E-state index in [-0.39, 0.29) is 30.7 Å². The Morgan fingerprint density at radius 1 is 1.11 bits per heavy atom. The molecule has 1 amide bonds. The molecule has 2 fully saturated rings. The minimum absolute atomic E-state index is 0. The summed E-state index contributed by atoms with van der Waals surface area (Å²) < 4.78 is 5.74. The summed E-state index contributed by atoms with van der Waals surface area (Å²) in [5, 5.41) is 3.63. The lowest BCUT2D eigenvalue weighted by atomic mass is 9.98. The number of carbonyl (C=O) groups excluding carboxylic acids is 1. The van der Waals surface area contributed by atoms with Crippen molar-refractivity contribution in [2.75, 3.05) is 7.05 Å². The van der Waals surface area contributed by atoms with E-state index in [9.17, 15) is 4.79 Å². The summed E-state index contributed by atoms with van der Waals surface area (Å²) in [7, 11) is 1.93. The van der Waals surface area contributed by atoms with Gasteiger partial charge in [0.15, 0.2) is 0 Å². The van der Waals surface area contributed by atoms with E-state index in [0.29, 0.717) is 30.3 Å². The van der Waals surface area contributed by atoms with Crippen molar-refractivity contribution in [3.8, 4) is 5.75 Å². The normalized spacial score (nSPS) is 22.5. The molecule has 2 bridgehead atoms. The molecule has 0 radical (unpaired) electrons. The van der Waals surface area contributed by atoms with Crippen LogP contribution in [-0.2, 0) is 6.61 Å². The van der Waals surface area contributed by atoms with E-state index in [4.69, 9.17) is 4.74 Å². The molecular formula is C21H27Cl2N3O2. The molecule has 2 saturated heterocycles. The highest BCUT2D eigenvalue weighted by atomic mass is 35.5. The molecule has 2 aromatic rings. The average molecular weight is 424 g/mol. The first-order valence-electron chi connectivity index (χ1n) is 9.35. The Labute approximate surface area is 178 Å². The summed E-state index contributed by atoms with van der Waals surface area (Å²) in [5.41, 5.74) is 1.59. The van der Waals surface area contributed by atoms with Gasteiger partial charge < -0.3 is 15.0 Å². The number of halogens is 2. The van der Waals surface area contributed by atoms with Gasteiger partial charge in [-0.3, -0.25) is 9.78 Å². The third-order valence-electron chi connectivity index (χ3n) is 5.53. The molecule has 152 valence electrons. The van der Waals surface area contributed by atoms with Gasteiger partial charge in [0.25, 0.3) is 5.91 Å². The van der Waals surface area contributed by atoms with Crippen molar-refractivity contribution in [1.29, 1.82) is 0 Å². The monoisotopic (exact) mass is 423 g/mol. The number of pyridine rings is 1. The summed E-state index contributed by atoms with van der Waals surface area (Å²) in [4.78, 5) is 19.0. The maximum absolute atomic E-state index is 12.8. The van der Waals surface area contributed by atoms with Crippen LogP contribution in [0.5, 0.6) is 5.75 Å². The number of rotatable bonds is 5. The molecule has 2 aliphatic heterocycles. The Bertz CT molecular complexity index is 746. The summed E-state index contributed by atoms with van der Waals surface area (Å²) in [5.74, 6) is 0.836. The van der Waals surface area contributed by atoms with Gasteiger partial charge in [0.2, 0.25) is 0 Å². The first kappa shape index (κ1) is 22.5.